The monoisotopic (exact) mass is 269 g/mol. The van der Waals surface area contributed by atoms with E-state index in [1.807, 2.05) is 14.0 Å². The Morgan fingerprint density at radius 2 is 2.22 bits per heavy atom. The third kappa shape index (κ3) is 2.45. The van der Waals surface area contributed by atoms with Crippen LogP contribution in [0.5, 0.6) is 0 Å². The number of aromatic nitrogens is 2. The van der Waals surface area contributed by atoms with Crippen LogP contribution in [0, 0.1) is 12.3 Å². The van der Waals surface area contributed by atoms with E-state index in [2.05, 4.69) is 5.10 Å². The van der Waals surface area contributed by atoms with Crippen molar-refractivity contribution in [1.29, 1.82) is 0 Å². The molecule has 1 saturated carbocycles. The summed E-state index contributed by atoms with van der Waals surface area (Å²) in [5, 5.41) is 4.83. The highest BCUT2D eigenvalue weighted by Gasteiger charge is 2.37. The zero-order chi connectivity index (χ0) is 13.3. The summed E-state index contributed by atoms with van der Waals surface area (Å²) in [6.45, 7) is 2.46. The summed E-state index contributed by atoms with van der Waals surface area (Å²) in [7, 11) is 1.82. The minimum absolute atomic E-state index is 0.0667. The van der Waals surface area contributed by atoms with E-state index in [0.717, 1.165) is 24.2 Å². The summed E-state index contributed by atoms with van der Waals surface area (Å²) in [5.74, 6) is 0.213. The molecule has 0 spiro atoms. The van der Waals surface area contributed by atoms with Gasteiger partial charge in [-0.25, -0.2) is 0 Å². The number of rotatable bonds is 5. The van der Waals surface area contributed by atoms with Gasteiger partial charge < -0.3 is 5.73 Å². The largest absolute Gasteiger partial charge is 0.330 e. The second kappa shape index (κ2) is 5.02. The Morgan fingerprint density at radius 1 is 1.56 bits per heavy atom. The molecule has 2 rings (SSSR count). The molecule has 5 heteroatoms. The quantitative estimate of drug-likeness (QED) is 0.890. The van der Waals surface area contributed by atoms with Gasteiger partial charge in [-0.15, -0.1) is 0 Å². The average molecular weight is 270 g/mol. The van der Waals surface area contributed by atoms with Gasteiger partial charge in [0.15, 0.2) is 0 Å². The van der Waals surface area contributed by atoms with Crippen LogP contribution < -0.4 is 5.73 Å². The van der Waals surface area contributed by atoms with E-state index in [1.165, 1.54) is 6.42 Å². The van der Waals surface area contributed by atoms with Crippen LogP contribution in [-0.2, 0) is 18.3 Å². The van der Waals surface area contributed by atoms with Gasteiger partial charge in [-0.2, -0.15) is 5.10 Å². The summed E-state index contributed by atoms with van der Waals surface area (Å²) in [4.78, 5) is 12.1. The first kappa shape index (κ1) is 13.6. The lowest BCUT2D eigenvalue weighted by molar-refractivity contribution is -0.122. The Kier molecular flexibility index (Phi) is 3.78. The lowest BCUT2D eigenvalue weighted by Crippen LogP contribution is -2.39. The Morgan fingerprint density at radius 3 is 2.61 bits per heavy atom. The molecule has 1 aliphatic carbocycles. The summed E-state index contributed by atoms with van der Waals surface area (Å²) < 4.78 is 1.70. The Labute approximate surface area is 112 Å². The van der Waals surface area contributed by atoms with Crippen LogP contribution in [0.4, 0.5) is 0 Å². The normalized spacial score (nSPS) is 17.6. The molecule has 1 aromatic rings. The second-order valence-corrected chi connectivity index (χ2v) is 5.80. The van der Waals surface area contributed by atoms with Crippen LogP contribution in [0.2, 0.25) is 5.02 Å². The van der Waals surface area contributed by atoms with Gasteiger partial charge in [0.05, 0.1) is 16.4 Å². The maximum atomic E-state index is 12.1. The van der Waals surface area contributed by atoms with Gasteiger partial charge in [-0.05, 0) is 31.7 Å². The number of halogens is 1. The van der Waals surface area contributed by atoms with Crippen LogP contribution in [0.3, 0.4) is 0 Å². The lowest BCUT2D eigenvalue weighted by atomic mass is 9.66. The van der Waals surface area contributed by atoms with Gasteiger partial charge in [-0.1, -0.05) is 18.0 Å². The number of hydrogen-bond acceptors (Lipinski definition) is 3. The lowest BCUT2D eigenvalue weighted by Gasteiger charge is -2.40. The zero-order valence-corrected chi connectivity index (χ0v) is 11.8. The van der Waals surface area contributed by atoms with E-state index < -0.39 is 0 Å². The predicted molar refractivity (Wildman–Crippen MR) is 71.6 cm³/mol. The molecule has 100 valence electrons. The summed E-state index contributed by atoms with van der Waals surface area (Å²) in [6.07, 6.45) is 4.28. The van der Waals surface area contributed by atoms with Crippen LogP contribution in [-0.4, -0.2) is 22.1 Å². The van der Waals surface area contributed by atoms with Gasteiger partial charge in [0.1, 0.15) is 5.78 Å². The molecule has 1 aliphatic rings. The molecule has 0 aromatic carbocycles. The highest BCUT2D eigenvalue weighted by atomic mass is 35.5. The van der Waals surface area contributed by atoms with Gasteiger partial charge in [0.25, 0.3) is 0 Å². The molecular weight excluding hydrogens is 250 g/mol. The minimum atomic E-state index is 0.0667. The molecule has 18 heavy (non-hydrogen) atoms. The number of hydrogen-bond donors (Lipinski definition) is 1. The molecule has 1 aromatic heterocycles. The van der Waals surface area contributed by atoms with Crippen molar-refractivity contribution in [1.82, 2.24) is 9.78 Å². The molecule has 0 radical (unpaired) electrons. The molecule has 1 heterocycles. The van der Waals surface area contributed by atoms with Crippen molar-refractivity contribution in [2.24, 2.45) is 18.2 Å². The first-order chi connectivity index (χ1) is 8.47. The van der Waals surface area contributed by atoms with E-state index in [4.69, 9.17) is 17.3 Å². The van der Waals surface area contributed by atoms with Crippen molar-refractivity contribution in [3.05, 3.63) is 16.4 Å². The maximum absolute atomic E-state index is 12.1. The van der Waals surface area contributed by atoms with Crippen LogP contribution in [0.1, 0.15) is 37.1 Å². The van der Waals surface area contributed by atoms with Crippen LogP contribution in [0.15, 0.2) is 0 Å². The first-order valence-electron chi connectivity index (χ1n) is 6.37. The number of carbonyl (C=O) groups excluding carboxylic acids is 1. The third-order valence-corrected chi connectivity index (χ3v) is 4.54. The molecule has 0 saturated heterocycles. The molecule has 0 bridgehead atoms. The predicted octanol–water partition coefficient (Wildman–Crippen LogP) is 2.01. The number of aryl methyl sites for hydroxylation is 2. The Bertz CT molecular complexity index is 458. The summed E-state index contributed by atoms with van der Waals surface area (Å²) in [5.41, 5.74) is 7.43. The minimum Gasteiger partial charge on any atom is -0.330 e. The number of nitrogens with two attached hydrogens (primary N) is 1. The van der Waals surface area contributed by atoms with Gasteiger partial charge >= 0.3 is 0 Å². The van der Waals surface area contributed by atoms with E-state index >= 15 is 0 Å². The number of carbonyl (C=O) groups is 1. The molecule has 0 unspecified atom stereocenters. The van der Waals surface area contributed by atoms with Crippen molar-refractivity contribution < 1.29 is 4.79 Å². The van der Waals surface area contributed by atoms with Crippen molar-refractivity contribution in [2.75, 3.05) is 6.54 Å². The fourth-order valence-electron chi connectivity index (χ4n) is 2.67. The molecule has 0 aliphatic heterocycles. The molecular formula is C13H20ClN3O. The van der Waals surface area contributed by atoms with Gasteiger partial charge in [0.2, 0.25) is 0 Å². The number of nitrogens with zero attached hydrogens (tertiary/aromatic N) is 2. The van der Waals surface area contributed by atoms with E-state index in [9.17, 15) is 4.79 Å². The molecule has 1 fully saturated rings. The first-order valence-corrected chi connectivity index (χ1v) is 6.75. The highest BCUT2D eigenvalue weighted by molar-refractivity contribution is 6.32. The van der Waals surface area contributed by atoms with Gasteiger partial charge in [-0.3, -0.25) is 9.48 Å². The van der Waals surface area contributed by atoms with Crippen molar-refractivity contribution >= 4 is 17.4 Å². The Hall–Kier alpha value is -0.870. The Balaban J connectivity index is 2.03. The zero-order valence-electron chi connectivity index (χ0n) is 11.0. The average Bonchev–Trinajstić information content (AvgIpc) is 2.51. The fraction of sp³-hybridized carbons (Fsp3) is 0.692. The van der Waals surface area contributed by atoms with E-state index in [-0.39, 0.29) is 11.2 Å². The number of Topliss-reactive ketones (excluding diaryl/α,β-unsaturated/α-hetero) is 1. The van der Waals surface area contributed by atoms with Crippen molar-refractivity contribution in [2.45, 2.75) is 39.0 Å². The summed E-state index contributed by atoms with van der Waals surface area (Å²) >= 11 is 6.15. The molecule has 4 nitrogen and oxygen atoms in total. The topological polar surface area (TPSA) is 60.9 Å². The standard InChI is InChI=1S/C13H20ClN3O/c1-9-12(14)11(17(2)16-9)6-10(18)7-13(8-15)4-3-5-13/h3-8,15H2,1-2H3. The molecule has 2 N–H and O–H groups in total. The second-order valence-electron chi connectivity index (χ2n) is 5.42. The van der Waals surface area contributed by atoms with E-state index in [0.29, 0.717) is 24.4 Å². The number of ketones is 1. The van der Waals surface area contributed by atoms with Crippen LogP contribution in [0.25, 0.3) is 0 Å². The smallest absolute Gasteiger partial charge is 0.139 e. The van der Waals surface area contributed by atoms with Crippen LogP contribution >= 0.6 is 11.6 Å². The summed E-state index contributed by atoms with van der Waals surface area (Å²) in [6, 6.07) is 0. The third-order valence-electron chi connectivity index (χ3n) is 4.05. The highest BCUT2D eigenvalue weighted by Crippen LogP contribution is 2.43. The van der Waals surface area contributed by atoms with E-state index in [1.54, 1.807) is 4.68 Å². The molecule has 0 amide bonds. The SMILES string of the molecule is Cc1nn(C)c(CC(=O)CC2(CN)CCC2)c1Cl. The fourth-order valence-corrected chi connectivity index (χ4v) is 2.90. The molecule has 0 atom stereocenters. The van der Waals surface area contributed by atoms with Crippen molar-refractivity contribution in [3.8, 4) is 0 Å². The van der Waals surface area contributed by atoms with Gasteiger partial charge in [0, 0.05) is 19.9 Å². The van der Waals surface area contributed by atoms with Crippen molar-refractivity contribution in [3.63, 3.8) is 0 Å². The maximum Gasteiger partial charge on any atom is 0.139 e.